The lowest BCUT2D eigenvalue weighted by atomic mass is 10.0. The molecule has 1 fully saturated rings. The summed E-state index contributed by atoms with van der Waals surface area (Å²) in [7, 11) is 0. The lowest BCUT2D eigenvalue weighted by Crippen LogP contribution is -2.43. The van der Waals surface area contributed by atoms with Crippen molar-refractivity contribution in [3.8, 4) is 0 Å². The van der Waals surface area contributed by atoms with Crippen LogP contribution < -0.4 is 4.90 Å². The van der Waals surface area contributed by atoms with Crippen molar-refractivity contribution in [3.63, 3.8) is 0 Å². The van der Waals surface area contributed by atoms with Crippen LogP contribution in [0.4, 0.5) is 10.5 Å². The molecule has 0 saturated carbocycles. The van der Waals surface area contributed by atoms with Crippen molar-refractivity contribution >= 4 is 17.6 Å². The number of rotatable bonds is 5. The Morgan fingerprint density at radius 3 is 2.48 bits per heavy atom. The van der Waals surface area contributed by atoms with E-state index in [4.69, 9.17) is 4.52 Å². The Balaban J connectivity index is 1.61. The molecule has 1 aliphatic rings. The van der Waals surface area contributed by atoms with Crippen molar-refractivity contribution in [2.45, 2.75) is 60.2 Å². The van der Waals surface area contributed by atoms with Crippen LogP contribution in [0.5, 0.6) is 0 Å². The van der Waals surface area contributed by atoms with Crippen LogP contribution >= 0.6 is 0 Å². The number of aromatic nitrogens is 3. The fraction of sp³-hybridized carbons (Fsp3) is 0.391. The predicted octanol–water partition coefficient (Wildman–Crippen LogP) is 3.90. The predicted molar refractivity (Wildman–Crippen MR) is 116 cm³/mol. The molecule has 0 bridgehead atoms. The van der Waals surface area contributed by atoms with Gasteiger partial charge >= 0.3 is 6.03 Å². The number of amides is 3. The lowest BCUT2D eigenvalue weighted by molar-refractivity contribution is -0.123. The highest BCUT2D eigenvalue weighted by molar-refractivity contribution is 6.22. The second-order valence-electron chi connectivity index (χ2n) is 8.70. The number of aryl methyl sites for hydroxylation is 4. The molecule has 2 aromatic heterocycles. The lowest BCUT2D eigenvalue weighted by Gasteiger charge is -2.28. The van der Waals surface area contributed by atoms with Crippen molar-refractivity contribution in [1.29, 1.82) is 0 Å². The molecule has 31 heavy (non-hydrogen) atoms. The Bertz CT molecular complexity index is 1150. The van der Waals surface area contributed by atoms with Gasteiger partial charge in [-0.15, -0.1) is 0 Å². The molecule has 0 spiro atoms. The fourth-order valence-corrected chi connectivity index (χ4v) is 3.91. The van der Waals surface area contributed by atoms with Crippen molar-refractivity contribution in [3.05, 3.63) is 64.3 Å². The van der Waals surface area contributed by atoms with Gasteiger partial charge in [-0.2, -0.15) is 5.10 Å². The zero-order chi connectivity index (χ0) is 22.5. The summed E-state index contributed by atoms with van der Waals surface area (Å²) in [5, 5.41) is 8.31. The summed E-state index contributed by atoms with van der Waals surface area (Å²) in [6.45, 7) is 12.1. The number of urea groups is 1. The van der Waals surface area contributed by atoms with Gasteiger partial charge in [-0.3, -0.25) is 9.48 Å². The minimum absolute atomic E-state index is 0.264. The normalized spacial score (nSPS) is 15.9. The summed E-state index contributed by atoms with van der Waals surface area (Å²) in [4.78, 5) is 29.4. The van der Waals surface area contributed by atoms with Gasteiger partial charge in [0.15, 0.2) is 0 Å². The third kappa shape index (κ3) is 3.52. The maximum absolute atomic E-state index is 13.3. The van der Waals surface area contributed by atoms with Crippen LogP contribution in [-0.4, -0.2) is 37.3 Å². The van der Waals surface area contributed by atoms with Crippen LogP contribution in [0.2, 0.25) is 0 Å². The average Bonchev–Trinajstić information content (AvgIpc) is 3.34. The van der Waals surface area contributed by atoms with Gasteiger partial charge in [-0.25, -0.2) is 9.69 Å². The smallest absolute Gasteiger partial charge is 0.332 e. The van der Waals surface area contributed by atoms with Gasteiger partial charge in [-0.05, 0) is 52.7 Å². The van der Waals surface area contributed by atoms with Gasteiger partial charge in [0.25, 0.3) is 5.91 Å². The molecular formula is C23H27N5O3. The third-order valence-electron chi connectivity index (χ3n) is 6.04. The molecule has 1 saturated heterocycles. The first-order valence-electron chi connectivity index (χ1n) is 10.3. The first-order valence-corrected chi connectivity index (χ1v) is 10.3. The largest absolute Gasteiger partial charge is 0.361 e. The summed E-state index contributed by atoms with van der Waals surface area (Å²) in [6.07, 6.45) is 3.25. The standard InChI is InChI=1S/C23H27N5O3/c1-14-7-8-15(2)18(9-14)11-27-22(30)28(21(29)23(27,5)6)19-10-24-26(12-19)13-20-16(3)25-31-17(20)4/h7-10,12H,11,13H2,1-6H3. The monoisotopic (exact) mass is 421 g/mol. The number of carbonyl (C=O) groups is 2. The third-order valence-corrected chi connectivity index (χ3v) is 6.04. The highest BCUT2D eigenvalue weighted by atomic mass is 16.5. The summed E-state index contributed by atoms with van der Waals surface area (Å²) in [5.41, 5.74) is 4.47. The van der Waals surface area contributed by atoms with Gasteiger partial charge < -0.3 is 9.42 Å². The van der Waals surface area contributed by atoms with E-state index in [1.165, 1.54) is 4.90 Å². The Morgan fingerprint density at radius 2 is 1.81 bits per heavy atom. The molecule has 0 aliphatic carbocycles. The number of benzene rings is 1. The summed E-state index contributed by atoms with van der Waals surface area (Å²) < 4.78 is 6.89. The fourth-order valence-electron chi connectivity index (χ4n) is 3.91. The van der Waals surface area contributed by atoms with Gasteiger partial charge in [0.2, 0.25) is 0 Å². The molecule has 3 amide bonds. The maximum atomic E-state index is 13.3. The summed E-state index contributed by atoms with van der Waals surface area (Å²) in [5.74, 6) is 0.461. The molecule has 3 heterocycles. The zero-order valence-corrected chi connectivity index (χ0v) is 18.8. The summed E-state index contributed by atoms with van der Waals surface area (Å²) >= 11 is 0. The van der Waals surface area contributed by atoms with Crippen LogP contribution in [0.15, 0.2) is 35.1 Å². The number of hydrogen-bond acceptors (Lipinski definition) is 5. The number of nitrogens with zero attached hydrogens (tertiary/aromatic N) is 5. The Labute approximate surface area is 181 Å². The van der Waals surface area contributed by atoms with E-state index >= 15 is 0 Å². The SMILES string of the molecule is Cc1ccc(C)c(CN2C(=O)N(c3cnn(Cc4c(C)noc4C)c3)C(=O)C2(C)C)c1. The van der Waals surface area contributed by atoms with Crippen LogP contribution in [0.3, 0.4) is 0 Å². The van der Waals surface area contributed by atoms with Crippen molar-refractivity contribution in [2.75, 3.05) is 4.90 Å². The molecule has 162 valence electrons. The zero-order valence-electron chi connectivity index (χ0n) is 18.8. The Kier molecular flexibility index (Phi) is 4.95. The summed E-state index contributed by atoms with van der Waals surface area (Å²) in [6, 6.07) is 5.80. The van der Waals surface area contributed by atoms with Crippen LogP contribution in [-0.2, 0) is 17.9 Å². The van der Waals surface area contributed by atoms with E-state index in [2.05, 4.69) is 16.3 Å². The van der Waals surface area contributed by atoms with E-state index < -0.39 is 5.54 Å². The van der Waals surface area contributed by atoms with Gasteiger partial charge in [0, 0.05) is 18.3 Å². The Hall–Kier alpha value is -3.42. The van der Waals surface area contributed by atoms with Crippen molar-refractivity contribution < 1.29 is 14.1 Å². The molecule has 4 rings (SSSR count). The minimum atomic E-state index is -0.961. The van der Waals surface area contributed by atoms with Crippen molar-refractivity contribution in [1.82, 2.24) is 19.8 Å². The molecule has 0 atom stereocenters. The molecule has 8 nitrogen and oxygen atoms in total. The molecule has 8 heteroatoms. The van der Waals surface area contributed by atoms with E-state index in [1.54, 1.807) is 35.8 Å². The first-order chi connectivity index (χ1) is 14.6. The number of carbonyl (C=O) groups excluding carboxylic acids is 2. The highest BCUT2D eigenvalue weighted by Gasteiger charge is 2.52. The van der Waals surface area contributed by atoms with Gasteiger partial charge in [0.05, 0.1) is 24.1 Å². The van der Waals surface area contributed by atoms with Crippen molar-refractivity contribution in [2.24, 2.45) is 0 Å². The number of hydrogen-bond donors (Lipinski definition) is 0. The molecule has 1 aliphatic heterocycles. The average molecular weight is 422 g/mol. The number of imide groups is 1. The topological polar surface area (TPSA) is 84.5 Å². The van der Waals surface area contributed by atoms with Crippen LogP contribution in [0.1, 0.15) is 47.6 Å². The van der Waals surface area contributed by atoms with E-state index in [0.717, 1.165) is 33.7 Å². The molecule has 0 radical (unpaired) electrons. The molecule has 1 aromatic carbocycles. The Morgan fingerprint density at radius 1 is 1.06 bits per heavy atom. The van der Waals surface area contributed by atoms with E-state index in [1.807, 2.05) is 39.8 Å². The number of anilines is 1. The maximum Gasteiger partial charge on any atom is 0.332 e. The second kappa shape index (κ2) is 7.37. The molecule has 0 unspecified atom stereocenters. The molecule has 0 N–H and O–H groups in total. The van der Waals surface area contributed by atoms with E-state index in [0.29, 0.717) is 18.8 Å². The first kappa shape index (κ1) is 20.8. The van der Waals surface area contributed by atoms with Gasteiger partial charge in [-0.1, -0.05) is 28.9 Å². The van der Waals surface area contributed by atoms with Crippen LogP contribution in [0.25, 0.3) is 0 Å². The highest BCUT2D eigenvalue weighted by Crippen LogP contribution is 2.33. The second-order valence-corrected chi connectivity index (χ2v) is 8.70. The van der Waals surface area contributed by atoms with E-state index in [-0.39, 0.29) is 11.9 Å². The van der Waals surface area contributed by atoms with Crippen LogP contribution in [0, 0.1) is 27.7 Å². The quantitative estimate of drug-likeness (QED) is 0.584. The van der Waals surface area contributed by atoms with Gasteiger partial charge in [0.1, 0.15) is 11.3 Å². The molecular weight excluding hydrogens is 394 g/mol. The molecule has 3 aromatic rings. The minimum Gasteiger partial charge on any atom is -0.361 e. The van der Waals surface area contributed by atoms with E-state index in [9.17, 15) is 9.59 Å².